The Bertz CT molecular complexity index is 521. The van der Waals surface area contributed by atoms with Crippen molar-refractivity contribution < 1.29 is 14.7 Å². The zero-order chi connectivity index (χ0) is 14.3. The molecule has 0 radical (unpaired) electrons. The van der Waals surface area contributed by atoms with Crippen LogP contribution in [0.25, 0.3) is 0 Å². The summed E-state index contributed by atoms with van der Waals surface area (Å²) in [7, 11) is 0. The summed E-state index contributed by atoms with van der Waals surface area (Å²) in [5, 5.41) is 9.38. The van der Waals surface area contributed by atoms with E-state index in [0.29, 0.717) is 0 Å². The summed E-state index contributed by atoms with van der Waals surface area (Å²) >= 11 is 1.65. The molecule has 2 unspecified atom stereocenters. The quantitative estimate of drug-likeness (QED) is 0.926. The van der Waals surface area contributed by atoms with Gasteiger partial charge < -0.3 is 10.0 Å². The van der Waals surface area contributed by atoms with Crippen LogP contribution in [0.4, 0.5) is 0 Å². The molecule has 0 aliphatic carbocycles. The Morgan fingerprint density at radius 3 is 2.53 bits per heavy atom. The van der Waals surface area contributed by atoms with Gasteiger partial charge in [-0.1, -0.05) is 0 Å². The van der Waals surface area contributed by atoms with Crippen LogP contribution in [-0.4, -0.2) is 27.9 Å². The van der Waals surface area contributed by atoms with E-state index in [2.05, 4.69) is 0 Å². The minimum Gasteiger partial charge on any atom is -0.481 e. The predicted molar refractivity (Wildman–Crippen MR) is 74.3 cm³/mol. The third kappa shape index (κ3) is 2.39. The van der Waals surface area contributed by atoms with Gasteiger partial charge in [-0.15, -0.1) is 11.3 Å². The first-order chi connectivity index (χ1) is 8.82. The molecule has 4 nitrogen and oxygen atoms in total. The fourth-order valence-electron chi connectivity index (χ4n) is 2.90. The number of likely N-dealkylation sites (tertiary alicyclic amines) is 1. The molecule has 1 N–H and O–H groups in total. The molecular weight excluding hydrogens is 262 g/mol. The normalized spacial score (nSPS) is 23.4. The first-order valence-corrected chi connectivity index (χ1v) is 7.25. The largest absolute Gasteiger partial charge is 0.481 e. The summed E-state index contributed by atoms with van der Waals surface area (Å²) in [6.45, 7) is 7.87. The molecule has 2 atom stereocenters. The molecule has 1 aromatic heterocycles. The second-order valence-corrected chi connectivity index (χ2v) is 6.82. The number of aryl methyl sites for hydroxylation is 2. The van der Waals surface area contributed by atoms with Crippen LogP contribution >= 0.6 is 11.3 Å². The summed E-state index contributed by atoms with van der Waals surface area (Å²) < 4.78 is 0. The lowest BCUT2D eigenvalue weighted by Gasteiger charge is -2.30. The van der Waals surface area contributed by atoms with Crippen molar-refractivity contribution in [1.29, 1.82) is 0 Å². The highest BCUT2D eigenvalue weighted by Gasteiger charge is 2.46. The zero-order valence-corrected chi connectivity index (χ0v) is 12.5. The summed E-state index contributed by atoms with van der Waals surface area (Å²) in [6.07, 6.45) is 0.104. The molecule has 5 heteroatoms. The molecule has 2 heterocycles. The Kier molecular flexibility index (Phi) is 3.67. The Hall–Kier alpha value is -1.36. The van der Waals surface area contributed by atoms with Crippen LogP contribution in [0.3, 0.4) is 0 Å². The molecule has 104 valence electrons. The van der Waals surface area contributed by atoms with Gasteiger partial charge in [-0.3, -0.25) is 9.59 Å². The number of carbonyl (C=O) groups excluding carboxylic acids is 1. The number of rotatable bonds is 3. The SMILES string of the molecule is Cc1cc(C2C(C(=O)O)CC(=O)N2C(C)C)c(C)s1. The third-order valence-corrected chi connectivity index (χ3v) is 4.62. The molecule has 0 spiro atoms. The number of carbonyl (C=O) groups is 2. The Labute approximate surface area is 117 Å². The van der Waals surface area contributed by atoms with Gasteiger partial charge in [0.1, 0.15) is 0 Å². The van der Waals surface area contributed by atoms with E-state index in [9.17, 15) is 14.7 Å². The molecule has 1 saturated heterocycles. The lowest BCUT2D eigenvalue weighted by atomic mass is 9.93. The molecular formula is C14H19NO3S. The topological polar surface area (TPSA) is 57.6 Å². The number of carboxylic acids is 1. The first kappa shape index (κ1) is 14.1. The monoisotopic (exact) mass is 281 g/mol. The average Bonchev–Trinajstić information content (AvgIpc) is 2.78. The maximum Gasteiger partial charge on any atom is 0.309 e. The van der Waals surface area contributed by atoms with Crippen molar-refractivity contribution in [2.45, 2.75) is 46.2 Å². The fourth-order valence-corrected chi connectivity index (χ4v) is 3.86. The lowest BCUT2D eigenvalue weighted by Crippen LogP contribution is -2.36. The standard InChI is InChI=1S/C14H19NO3S/c1-7(2)15-12(16)6-11(14(17)18)13(15)10-5-8(3)19-9(10)4/h5,7,11,13H,6H2,1-4H3,(H,17,18). The maximum atomic E-state index is 12.1. The van der Waals surface area contributed by atoms with Gasteiger partial charge in [-0.05, 0) is 39.3 Å². The van der Waals surface area contributed by atoms with E-state index in [-0.39, 0.29) is 24.4 Å². The van der Waals surface area contributed by atoms with Gasteiger partial charge in [-0.25, -0.2) is 0 Å². The number of amides is 1. The smallest absolute Gasteiger partial charge is 0.309 e. The van der Waals surface area contributed by atoms with Crippen molar-refractivity contribution in [3.05, 3.63) is 21.4 Å². The molecule has 1 amide bonds. The Balaban J connectivity index is 2.49. The summed E-state index contributed by atoms with van der Waals surface area (Å²) in [4.78, 5) is 27.5. The summed E-state index contributed by atoms with van der Waals surface area (Å²) in [5.74, 6) is -1.58. The van der Waals surface area contributed by atoms with E-state index in [1.807, 2.05) is 33.8 Å². The number of nitrogens with zero attached hydrogens (tertiary/aromatic N) is 1. The average molecular weight is 281 g/mol. The minimum absolute atomic E-state index is 0.0152. The van der Waals surface area contributed by atoms with Crippen LogP contribution in [0.5, 0.6) is 0 Å². The van der Waals surface area contributed by atoms with Crippen LogP contribution in [0, 0.1) is 19.8 Å². The Morgan fingerprint density at radius 2 is 2.11 bits per heavy atom. The van der Waals surface area contributed by atoms with Crippen molar-refractivity contribution in [3.8, 4) is 0 Å². The first-order valence-electron chi connectivity index (χ1n) is 6.43. The van der Waals surface area contributed by atoms with Crippen LogP contribution in [0.2, 0.25) is 0 Å². The highest BCUT2D eigenvalue weighted by molar-refractivity contribution is 7.12. The van der Waals surface area contributed by atoms with E-state index in [0.717, 1.165) is 15.3 Å². The van der Waals surface area contributed by atoms with Crippen LogP contribution in [0.15, 0.2) is 6.07 Å². The predicted octanol–water partition coefficient (Wildman–Crippen LogP) is 2.75. The molecule has 0 aromatic carbocycles. The number of aliphatic carboxylic acids is 1. The molecule has 1 aromatic rings. The third-order valence-electron chi connectivity index (χ3n) is 3.63. The number of hydrogen-bond acceptors (Lipinski definition) is 3. The van der Waals surface area contributed by atoms with Gasteiger partial charge in [0.25, 0.3) is 0 Å². The van der Waals surface area contributed by atoms with Crippen LogP contribution in [-0.2, 0) is 9.59 Å². The maximum absolute atomic E-state index is 12.1. The van der Waals surface area contributed by atoms with Crippen molar-refractivity contribution in [2.24, 2.45) is 5.92 Å². The summed E-state index contributed by atoms with van der Waals surface area (Å²) in [5.41, 5.74) is 0.995. The van der Waals surface area contributed by atoms with Crippen molar-refractivity contribution in [2.75, 3.05) is 0 Å². The Morgan fingerprint density at radius 1 is 1.47 bits per heavy atom. The zero-order valence-electron chi connectivity index (χ0n) is 11.6. The van der Waals surface area contributed by atoms with Gasteiger partial charge in [0.15, 0.2) is 0 Å². The van der Waals surface area contributed by atoms with E-state index in [1.165, 1.54) is 0 Å². The van der Waals surface area contributed by atoms with Crippen molar-refractivity contribution >= 4 is 23.2 Å². The molecule has 0 saturated carbocycles. The molecule has 1 aliphatic rings. The lowest BCUT2D eigenvalue weighted by molar-refractivity contribution is -0.142. The van der Waals surface area contributed by atoms with E-state index in [1.54, 1.807) is 16.2 Å². The highest BCUT2D eigenvalue weighted by atomic mass is 32.1. The van der Waals surface area contributed by atoms with E-state index < -0.39 is 11.9 Å². The van der Waals surface area contributed by atoms with Crippen molar-refractivity contribution in [1.82, 2.24) is 4.90 Å². The number of carboxylic acid groups (broad SMARTS) is 1. The highest BCUT2D eigenvalue weighted by Crippen LogP contribution is 2.42. The van der Waals surface area contributed by atoms with E-state index in [4.69, 9.17) is 0 Å². The van der Waals surface area contributed by atoms with Crippen LogP contribution < -0.4 is 0 Å². The molecule has 19 heavy (non-hydrogen) atoms. The number of hydrogen-bond donors (Lipinski definition) is 1. The van der Waals surface area contributed by atoms with Gasteiger partial charge in [-0.2, -0.15) is 0 Å². The van der Waals surface area contributed by atoms with Crippen LogP contribution in [0.1, 0.15) is 41.6 Å². The molecule has 1 fully saturated rings. The minimum atomic E-state index is -0.884. The molecule has 2 rings (SSSR count). The second kappa shape index (κ2) is 4.96. The number of thiophene rings is 1. The van der Waals surface area contributed by atoms with Gasteiger partial charge in [0.05, 0.1) is 12.0 Å². The van der Waals surface area contributed by atoms with Gasteiger partial charge in [0, 0.05) is 22.2 Å². The van der Waals surface area contributed by atoms with Crippen molar-refractivity contribution in [3.63, 3.8) is 0 Å². The summed E-state index contributed by atoms with van der Waals surface area (Å²) in [6, 6.07) is 1.71. The second-order valence-electron chi connectivity index (χ2n) is 5.36. The fraction of sp³-hybridized carbons (Fsp3) is 0.571. The molecule has 1 aliphatic heterocycles. The van der Waals surface area contributed by atoms with E-state index >= 15 is 0 Å². The van der Waals surface area contributed by atoms with Gasteiger partial charge >= 0.3 is 5.97 Å². The molecule has 0 bridgehead atoms. The van der Waals surface area contributed by atoms with Gasteiger partial charge in [0.2, 0.25) is 5.91 Å².